The van der Waals surface area contributed by atoms with Crippen LogP contribution in [-0.4, -0.2) is 57.4 Å². The number of aliphatic hydroxyl groups excluding tert-OH is 1. The number of benzene rings is 3. The molecule has 14 heteroatoms. The standard InChI is InChI=1S/C38H41F3N4O5S2/c1-6-50-35(47)32(46)26-20-42-31-28(26)24-15-18-52(48,49)21-37(2,3)16-10-17-38(4,22-11-8-7-9-12-22)36-43-34(45(5)44-36)25-19-23(13-14-27(25)39)51-33(24)30(41)29(31)40/h7-9,11-14,19-20,32,42,46H,6,10,15-18,21H2,1-5H3/t32?,38-/m1/s1. The Hall–Kier alpha value is -4.14. The number of hydrogen-bond donors (Lipinski definition) is 2. The number of carbonyl (C=O) groups is 1. The van der Waals surface area contributed by atoms with Crippen LogP contribution in [0.4, 0.5) is 13.2 Å². The molecule has 1 unspecified atom stereocenters. The number of ether oxygens (including phenoxy) is 1. The van der Waals surface area contributed by atoms with E-state index in [0.29, 0.717) is 30.0 Å². The third-order valence-corrected chi connectivity index (χ3v) is 12.9. The predicted octanol–water partition coefficient (Wildman–Crippen LogP) is 7.60. The van der Waals surface area contributed by atoms with E-state index in [-0.39, 0.29) is 57.1 Å². The molecule has 0 saturated heterocycles. The number of rotatable bonds is 4. The lowest BCUT2D eigenvalue weighted by Gasteiger charge is -2.30. The highest BCUT2D eigenvalue weighted by molar-refractivity contribution is 7.99. The summed E-state index contributed by atoms with van der Waals surface area (Å²) in [7, 11) is -2.13. The quantitative estimate of drug-likeness (QED) is 0.180. The number of halogens is 3. The Kier molecular flexibility index (Phi) is 10.4. The summed E-state index contributed by atoms with van der Waals surface area (Å²) in [5.41, 5.74) is -0.671. The fourth-order valence-electron chi connectivity index (χ4n) is 7.12. The van der Waals surface area contributed by atoms with E-state index >= 15 is 13.2 Å². The molecule has 2 atom stereocenters. The number of nitrogens with zero attached hydrogens (tertiary/aromatic N) is 3. The van der Waals surface area contributed by atoms with Gasteiger partial charge in [-0.25, -0.2) is 36.0 Å². The predicted molar refractivity (Wildman–Crippen MR) is 193 cm³/mol. The summed E-state index contributed by atoms with van der Waals surface area (Å²) in [5.74, 6) is -4.05. The Bertz CT molecular complexity index is 2260. The Balaban J connectivity index is 1.57. The van der Waals surface area contributed by atoms with Crippen LogP contribution in [0.15, 0.2) is 64.5 Å². The van der Waals surface area contributed by atoms with Crippen LogP contribution in [0.25, 0.3) is 22.3 Å². The Morgan fingerprint density at radius 3 is 2.54 bits per heavy atom. The van der Waals surface area contributed by atoms with E-state index in [1.807, 2.05) is 51.1 Å². The third-order valence-electron chi connectivity index (χ3n) is 9.77. The van der Waals surface area contributed by atoms with E-state index < -0.39 is 55.9 Å². The summed E-state index contributed by atoms with van der Waals surface area (Å²) in [6.07, 6.45) is 0.802. The zero-order valence-electron chi connectivity index (χ0n) is 29.6. The maximum atomic E-state index is 16.2. The van der Waals surface area contributed by atoms with Crippen LogP contribution in [0.1, 0.15) is 75.6 Å². The molecule has 276 valence electrons. The average Bonchev–Trinajstić information content (AvgIpc) is 3.71. The van der Waals surface area contributed by atoms with Crippen LogP contribution in [0.5, 0.6) is 0 Å². The van der Waals surface area contributed by atoms with Crippen molar-refractivity contribution >= 4 is 38.5 Å². The first-order chi connectivity index (χ1) is 24.5. The number of aromatic nitrogens is 4. The summed E-state index contributed by atoms with van der Waals surface area (Å²) in [6, 6.07) is 13.8. The zero-order chi connectivity index (χ0) is 37.6. The number of aryl methyl sites for hydroxylation is 2. The monoisotopic (exact) mass is 754 g/mol. The van der Waals surface area contributed by atoms with Crippen molar-refractivity contribution in [1.29, 1.82) is 0 Å². The van der Waals surface area contributed by atoms with Gasteiger partial charge in [0, 0.05) is 29.1 Å². The summed E-state index contributed by atoms with van der Waals surface area (Å²) in [6.45, 7) is 7.31. The minimum Gasteiger partial charge on any atom is -0.464 e. The summed E-state index contributed by atoms with van der Waals surface area (Å²) in [5, 5.41) is 15.7. The number of carbonyl (C=O) groups excluding carboxylic acids is 1. The second-order valence-electron chi connectivity index (χ2n) is 14.3. The molecular weight excluding hydrogens is 714 g/mol. The van der Waals surface area contributed by atoms with Gasteiger partial charge in [-0.2, -0.15) is 5.10 Å². The van der Waals surface area contributed by atoms with Crippen LogP contribution in [0.3, 0.4) is 0 Å². The number of aliphatic hydroxyl groups is 1. The average molecular weight is 755 g/mol. The van der Waals surface area contributed by atoms with Crippen LogP contribution >= 0.6 is 11.8 Å². The van der Waals surface area contributed by atoms with Gasteiger partial charge < -0.3 is 14.8 Å². The number of H-pyrrole nitrogens is 1. The Morgan fingerprint density at radius 1 is 1.10 bits per heavy atom. The number of sulfone groups is 1. The first-order valence-electron chi connectivity index (χ1n) is 17.1. The van der Waals surface area contributed by atoms with E-state index in [4.69, 9.17) is 14.8 Å². The molecule has 0 saturated carbocycles. The highest BCUT2D eigenvalue weighted by Gasteiger charge is 2.36. The van der Waals surface area contributed by atoms with Gasteiger partial charge in [0.15, 0.2) is 39.2 Å². The van der Waals surface area contributed by atoms with Crippen molar-refractivity contribution in [3.8, 4) is 11.4 Å². The second-order valence-corrected chi connectivity index (χ2v) is 17.5. The van der Waals surface area contributed by atoms with Crippen LogP contribution in [0, 0.1) is 22.9 Å². The van der Waals surface area contributed by atoms with Crippen molar-refractivity contribution in [3.63, 3.8) is 0 Å². The smallest absolute Gasteiger partial charge is 0.339 e. The van der Waals surface area contributed by atoms with Crippen molar-refractivity contribution in [2.45, 2.75) is 74.7 Å². The van der Waals surface area contributed by atoms with Crippen LogP contribution < -0.4 is 0 Å². The highest BCUT2D eigenvalue weighted by Crippen LogP contribution is 2.44. The van der Waals surface area contributed by atoms with Crippen LogP contribution in [0.2, 0.25) is 0 Å². The largest absolute Gasteiger partial charge is 0.464 e. The van der Waals surface area contributed by atoms with Crippen molar-refractivity contribution < 1.29 is 36.2 Å². The van der Waals surface area contributed by atoms with Gasteiger partial charge in [-0.15, -0.1) is 0 Å². The molecule has 4 bridgehead atoms. The lowest BCUT2D eigenvalue weighted by atomic mass is 9.75. The SMILES string of the molecule is CCOC(=O)C(O)c1c[nH]c2c(F)c(F)c3c(c12)CCS(=O)(=O)CC(C)(C)CCC[C@](C)(c1ccccc1)c1nc(n(C)n1)-c1cc(ccc1F)S3. The first kappa shape index (κ1) is 37.6. The van der Waals surface area contributed by atoms with E-state index in [0.717, 1.165) is 17.3 Å². The van der Waals surface area contributed by atoms with Crippen molar-refractivity contribution in [2.24, 2.45) is 12.5 Å². The minimum absolute atomic E-state index is 0.0220. The lowest BCUT2D eigenvalue weighted by Crippen LogP contribution is -2.29. The molecule has 0 amide bonds. The number of esters is 1. The second kappa shape index (κ2) is 14.4. The van der Waals surface area contributed by atoms with Gasteiger partial charge in [-0.05, 0) is 67.9 Å². The van der Waals surface area contributed by atoms with Crippen LogP contribution in [-0.2, 0) is 38.3 Å². The van der Waals surface area contributed by atoms with E-state index in [2.05, 4.69) is 4.98 Å². The molecule has 0 fully saturated rings. The molecular formula is C38H41F3N4O5S2. The molecule has 1 aliphatic heterocycles. The van der Waals surface area contributed by atoms with E-state index in [1.165, 1.54) is 29.1 Å². The van der Waals surface area contributed by atoms with Gasteiger partial charge in [0.1, 0.15) is 5.82 Å². The number of fused-ring (bicyclic) bond motifs is 8. The molecule has 2 N–H and O–H groups in total. The van der Waals surface area contributed by atoms with Crippen molar-refractivity contribution in [2.75, 3.05) is 18.1 Å². The molecule has 0 aliphatic carbocycles. The maximum Gasteiger partial charge on any atom is 0.339 e. The molecule has 6 rings (SSSR count). The molecule has 0 spiro atoms. The van der Waals surface area contributed by atoms with Gasteiger partial charge in [-0.1, -0.05) is 62.4 Å². The van der Waals surface area contributed by atoms with E-state index in [9.17, 15) is 18.3 Å². The van der Waals surface area contributed by atoms with Gasteiger partial charge in [0.2, 0.25) is 0 Å². The Labute approximate surface area is 304 Å². The van der Waals surface area contributed by atoms with Gasteiger partial charge >= 0.3 is 5.97 Å². The third kappa shape index (κ3) is 7.25. The number of hydrogen-bond acceptors (Lipinski definition) is 8. The van der Waals surface area contributed by atoms with Gasteiger partial charge in [0.05, 0.1) is 39.5 Å². The molecule has 5 aromatic rings. The molecule has 1 aliphatic rings. The number of nitrogens with one attached hydrogen (secondary N) is 1. The molecule has 9 nitrogen and oxygen atoms in total. The Morgan fingerprint density at radius 2 is 1.83 bits per heavy atom. The zero-order valence-corrected chi connectivity index (χ0v) is 31.2. The first-order valence-corrected chi connectivity index (χ1v) is 19.7. The minimum atomic E-state index is -3.79. The molecule has 3 heterocycles. The molecule has 52 heavy (non-hydrogen) atoms. The fourth-order valence-corrected chi connectivity index (χ4v) is 10.2. The normalized spacial score (nSPS) is 19.7. The molecule has 3 aromatic carbocycles. The topological polar surface area (TPSA) is 127 Å². The van der Waals surface area contributed by atoms with Gasteiger partial charge in [-0.3, -0.25) is 0 Å². The van der Waals surface area contributed by atoms with Gasteiger partial charge in [0.25, 0.3) is 0 Å². The highest BCUT2D eigenvalue weighted by atomic mass is 32.2. The summed E-state index contributed by atoms with van der Waals surface area (Å²) < 4.78 is 81.7. The number of aromatic amines is 1. The molecule has 2 aromatic heterocycles. The summed E-state index contributed by atoms with van der Waals surface area (Å²) >= 11 is 0.779. The van der Waals surface area contributed by atoms with Crippen molar-refractivity contribution in [1.82, 2.24) is 19.7 Å². The van der Waals surface area contributed by atoms with E-state index in [1.54, 1.807) is 14.0 Å². The fraction of sp³-hybridized carbons (Fsp3) is 0.395. The summed E-state index contributed by atoms with van der Waals surface area (Å²) in [4.78, 5) is 20.1. The maximum absolute atomic E-state index is 16.2. The molecule has 0 radical (unpaired) electrons. The lowest BCUT2D eigenvalue weighted by molar-refractivity contribution is -0.153. The van der Waals surface area contributed by atoms with Crippen molar-refractivity contribution in [3.05, 3.63) is 94.7 Å².